The van der Waals surface area contributed by atoms with Gasteiger partial charge in [-0.05, 0) is 62.7 Å². The molecular formula is C29H28Cl2N2O4. The van der Waals surface area contributed by atoms with Gasteiger partial charge in [0.1, 0.15) is 11.5 Å². The predicted octanol–water partition coefficient (Wildman–Crippen LogP) is 6.78. The molecule has 0 spiro atoms. The molecule has 1 heterocycles. The molecule has 6 nitrogen and oxygen atoms in total. The number of rotatable bonds is 7. The monoisotopic (exact) mass is 538 g/mol. The summed E-state index contributed by atoms with van der Waals surface area (Å²) in [7, 11) is 1.40. The molecule has 1 unspecified atom stereocenters. The molecule has 4 rings (SSSR count). The number of ether oxygens (including phenoxy) is 1. The Morgan fingerprint density at radius 2 is 1.70 bits per heavy atom. The maximum Gasteiger partial charge on any atom is 0.300 e. The summed E-state index contributed by atoms with van der Waals surface area (Å²) in [5.74, 6) is -1.81. The second-order valence-corrected chi connectivity index (χ2v) is 9.58. The molecule has 3 aromatic carbocycles. The highest BCUT2D eigenvalue weighted by Gasteiger charge is 2.47. The third kappa shape index (κ3) is 4.91. The predicted molar refractivity (Wildman–Crippen MR) is 149 cm³/mol. The van der Waals surface area contributed by atoms with Crippen molar-refractivity contribution in [1.29, 1.82) is 0 Å². The fourth-order valence-electron chi connectivity index (χ4n) is 4.76. The second-order valence-electron chi connectivity index (χ2n) is 8.74. The van der Waals surface area contributed by atoms with Crippen LogP contribution in [0.3, 0.4) is 0 Å². The number of hydrogen-bond acceptors (Lipinski definition) is 5. The topological polar surface area (TPSA) is 70.1 Å². The Kier molecular flexibility index (Phi) is 7.81. The molecule has 8 heteroatoms. The maximum atomic E-state index is 13.5. The van der Waals surface area contributed by atoms with Gasteiger partial charge in [-0.15, -0.1) is 0 Å². The molecule has 0 aliphatic carbocycles. The van der Waals surface area contributed by atoms with E-state index < -0.39 is 23.5 Å². The zero-order chi connectivity index (χ0) is 26.9. The molecular weight excluding hydrogens is 511 g/mol. The number of aliphatic hydroxyl groups excluding tert-OH is 1. The minimum Gasteiger partial charge on any atom is -0.507 e. The van der Waals surface area contributed by atoms with E-state index >= 15 is 0 Å². The third-order valence-electron chi connectivity index (χ3n) is 6.53. The van der Waals surface area contributed by atoms with Crippen molar-refractivity contribution in [2.45, 2.75) is 26.8 Å². The van der Waals surface area contributed by atoms with Crippen LogP contribution in [0.25, 0.3) is 5.76 Å². The maximum absolute atomic E-state index is 13.5. The first kappa shape index (κ1) is 26.6. The summed E-state index contributed by atoms with van der Waals surface area (Å²) in [6, 6.07) is 17.1. The Labute approximate surface area is 226 Å². The van der Waals surface area contributed by atoms with Gasteiger partial charge in [0.25, 0.3) is 11.7 Å². The summed E-state index contributed by atoms with van der Waals surface area (Å²) in [6.07, 6.45) is 0. The minimum absolute atomic E-state index is 0.0694. The van der Waals surface area contributed by atoms with Crippen LogP contribution in [0.4, 0.5) is 11.4 Å². The van der Waals surface area contributed by atoms with Crippen molar-refractivity contribution in [1.82, 2.24) is 0 Å². The summed E-state index contributed by atoms with van der Waals surface area (Å²) < 4.78 is 5.40. The van der Waals surface area contributed by atoms with Gasteiger partial charge in [0.15, 0.2) is 0 Å². The van der Waals surface area contributed by atoms with Gasteiger partial charge in [0, 0.05) is 29.5 Å². The van der Waals surface area contributed by atoms with Crippen LogP contribution in [0.15, 0.2) is 66.2 Å². The molecule has 1 aliphatic rings. The number of methoxy groups -OCH3 is 1. The summed E-state index contributed by atoms with van der Waals surface area (Å²) in [5.41, 5.74) is 3.24. The first-order chi connectivity index (χ1) is 17.7. The van der Waals surface area contributed by atoms with Crippen LogP contribution in [0.5, 0.6) is 5.75 Å². The number of aliphatic hydroxyl groups is 1. The zero-order valence-electron chi connectivity index (χ0n) is 21.1. The summed E-state index contributed by atoms with van der Waals surface area (Å²) in [4.78, 5) is 30.6. The number of carbonyl (C=O) groups is 2. The van der Waals surface area contributed by atoms with Crippen molar-refractivity contribution >= 4 is 52.0 Å². The van der Waals surface area contributed by atoms with Crippen LogP contribution in [-0.2, 0) is 9.59 Å². The van der Waals surface area contributed by atoms with E-state index in [9.17, 15) is 14.7 Å². The Bertz CT molecular complexity index is 1380. The lowest BCUT2D eigenvalue weighted by atomic mass is 9.94. The fraction of sp³-hybridized carbons (Fsp3) is 0.241. The highest BCUT2D eigenvalue weighted by Crippen LogP contribution is 2.45. The quantitative estimate of drug-likeness (QED) is 0.204. The van der Waals surface area contributed by atoms with Gasteiger partial charge in [0.2, 0.25) is 0 Å². The normalized spacial score (nSPS) is 16.8. The van der Waals surface area contributed by atoms with E-state index in [4.69, 9.17) is 27.9 Å². The molecule has 192 valence electrons. The lowest BCUT2D eigenvalue weighted by Crippen LogP contribution is -2.29. The summed E-state index contributed by atoms with van der Waals surface area (Å²) in [5, 5.41) is 11.9. The molecule has 3 aromatic rings. The molecule has 0 aromatic heterocycles. The zero-order valence-corrected chi connectivity index (χ0v) is 22.6. The van der Waals surface area contributed by atoms with E-state index in [0.717, 1.165) is 24.3 Å². The van der Waals surface area contributed by atoms with Gasteiger partial charge in [-0.25, -0.2) is 0 Å². The molecule has 1 atom stereocenters. The Morgan fingerprint density at radius 3 is 2.30 bits per heavy atom. The number of hydrogen-bond donors (Lipinski definition) is 1. The summed E-state index contributed by atoms with van der Waals surface area (Å²) >= 11 is 12.5. The average Bonchev–Trinajstić information content (AvgIpc) is 3.14. The molecule has 0 bridgehead atoms. The lowest BCUT2D eigenvalue weighted by molar-refractivity contribution is -0.132. The van der Waals surface area contributed by atoms with Crippen LogP contribution >= 0.6 is 23.2 Å². The standard InChI is InChI=1S/C29H28Cl2N2O4/c1-5-32(6-2)20-10-12-21(13-11-20)33-25(18-9-7-8-17(3)14-18)24(27(35)29(33)36)26(34)22-15-19(30)16-23(31)28(22)37-4/h7-16,25,34H,5-6H2,1-4H3/b26-24+. The highest BCUT2D eigenvalue weighted by molar-refractivity contribution is 6.52. The third-order valence-corrected chi connectivity index (χ3v) is 7.03. The number of halogens is 2. The van der Waals surface area contributed by atoms with Crippen LogP contribution < -0.4 is 14.5 Å². The molecule has 1 amide bonds. The van der Waals surface area contributed by atoms with Crippen molar-refractivity contribution in [3.05, 3.63) is 93.0 Å². The molecule has 1 saturated heterocycles. The Hall–Kier alpha value is -3.48. The SMILES string of the molecule is CCN(CC)c1ccc(N2C(=O)C(=O)/C(=C(/O)c3cc(Cl)cc(Cl)c3OC)C2c2cccc(C)c2)cc1. The van der Waals surface area contributed by atoms with E-state index in [-0.39, 0.29) is 26.9 Å². The van der Waals surface area contributed by atoms with E-state index in [1.165, 1.54) is 24.1 Å². The molecule has 1 N–H and O–H groups in total. The van der Waals surface area contributed by atoms with E-state index in [2.05, 4.69) is 18.7 Å². The van der Waals surface area contributed by atoms with Crippen LogP contribution in [-0.4, -0.2) is 37.0 Å². The number of carbonyl (C=O) groups excluding carboxylic acids is 2. The number of Topliss-reactive ketones (excluding diaryl/α,β-unsaturated/α-hetero) is 1. The molecule has 37 heavy (non-hydrogen) atoms. The Balaban J connectivity index is 1.94. The van der Waals surface area contributed by atoms with Crippen molar-refractivity contribution in [2.75, 3.05) is 30.0 Å². The fourth-order valence-corrected chi connectivity index (χ4v) is 5.33. The molecule has 1 fully saturated rings. The van der Waals surface area contributed by atoms with Gasteiger partial charge in [-0.2, -0.15) is 0 Å². The van der Waals surface area contributed by atoms with Crippen LogP contribution in [0.2, 0.25) is 10.0 Å². The number of ketones is 1. The number of benzene rings is 3. The van der Waals surface area contributed by atoms with Gasteiger partial charge >= 0.3 is 0 Å². The van der Waals surface area contributed by atoms with Gasteiger partial charge in [0.05, 0.1) is 29.3 Å². The highest BCUT2D eigenvalue weighted by atomic mass is 35.5. The van der Waals surface area contributed by atoms with Crippen molar-refractivity contribution in [3.63, 3.8) is 0 Å². The number of anilines is 2. The van der Waals surface area contributed by atoms with Crippen molar-refractivity contribution in [2.24, 2.45) is 0 Å². The van der Waals surface area contributed by atoms with E-state index in [1.807, 2.05) is 55.5 Å². The largest absolute Gasteiger partial charge is 0.507 e. The van der Waals surface area contributed by atoms with Crippen LogP contribution in [0.1, 0.15) is 36.6 Å². The van der Waals surface area contributed by atoms with Gasteiger partial charge in [-0.1, -0.05) is 53.0 Å². The lowest BCUT2D eigenvalue weighted by Gasteiger charge is -2.27. The first-order valence-electron chi connectivity index (χ1n) is 12.0. The molecule has 0 saturated carbocycles. The van der Waals surface area contributed by atoms with Gasteiger partial charge < -0.3 is 14.7 Å². The van der Waals surface area contributed by atoms with Crippen LogP contribution in [0, 0.1) is 6.92 Å². The second kappa shape index (κ2) is 10.9. The number of amides is 1. The first-order valence-corrected chi connectivity index (χ1v) is 12.7. The smallest absolute Gasteiger partial charge is 0.300 e. The summed E-state index contributed by atoms with van der Waals surface area (Å²) in [6.45, 7) is 7.75. The molecule has 1 aliphatic heterocycles. The van der Waals surface area contributed by atoms with Crippen molar-refractivity contribution < 1.29 is 19.4 Å². The van der Waals surface area contributed by atoms with Gasteiger partial charge in [-0.3, -0.25) is 14.5 Å². The minimum atomic E-state index is -0.873. The average molecular weight is 539 g/mol. The number of nitrogens with zero attached hydrogens (tertiary/aromatic N) is 2. The number of aryl methyl sites for hydroxylation is 1. The molecule has 0 radical (unpaired) electrons. The van der Waals surface area contributed by atoms with E-state index in [0.29, 0.717) is 11.3 Å². The Morgan fingerprint density at radius 1 is 1.03 bits per heavy atom. The van der Waals surface area contributed by atoms with Crippen molar-refractivity contribution in [3.8, 4) is 5.75 Å². The van der Waals surface area contributed by atoms with E-state index in [1.54, 1.807) is 0 Å².